The fourth-order valence-electron chi connectivity index (χ4n) is 6.44. The smallest absolute Gasteiger partial charge is 0.124 e. The van der Waals surface area contributed by atoms with E-state index in [2.05, 4.69) is 139 Å². The van der Waals surface area contributed by atoms with Gasteiger partial charge in [-0.05, 0) is 110 Å². The van der Waals surface area contributed by atoms with Gasteiger partial charge in [0.05, 0.1) is 17.1 Å². The standard InChI is InChI=1S/C48H44N2O/c1-47(2,3)40-27-36(28-41(31-40)48(4,5)6)37-29-44(50-45(30-37)42-16-10-11-18-46(42)51)39-25-35(24-38(26-39)43-17-12-13-23-49-43)34-21-19-33(20-22-34)32-14-8-7-9-15-32/h7-31,51H,1-6H3. The van der Waals surface area contributed by atoms with Crippen LogP contribution in [0.1, 0.15) is 52.7 Å². The molecular formula is C48H44N2O. The van der Waals surface area contributed by atoms with Crippen molar-refractivity contribution in [3.8, 4) is 72.9 Å². The molecule has 7 rings (SSSR count). The molecule has 252 valence electrons. The van der Waals surface area contributed by atoms with Gasteiger partial charge in [0.15, 0.2) is 0 Å². The van der Waals surface area contributed by atoms with Crippen LogP contribution in [0.2, 0.25) is 0 Å². The van der Waals surface area contributed by atoms with Crippen LogP contribution in [0.3, 0.4) is 0 Å². The number of para-hydroxylation sites is 1. The van der Waals surface area contributed by atoms with Gasteiger partial charge in [-0.2, -0.15) is 0 Å². The SMILES string of the molecule is CC(C)(C)c1cc(-c2cc(-c3cc(-c4ccc(-c5ccccc5)cc4)cc(-c4ccccn4)c3)nc(-c3ccccc3O)c2)cc(C(C)(C)C)c1. The summed E-state index contributed by atoms with van der Waals surface area (Å²) in [5.41, 5.74) is 14.3. The number of rotatable bonds is 6. The third-order valence-corrected chi connectivity index (χ3v) is 9.52. The molecule has 5 aromatic carbocycles. The highest BCUT2D eigenvalue weighted by Gasteiger charge is 2.22. The van der Waals surface area contributed by atoms with E-state index in [1.54, 1.807) is 6.07 Å². The Kier molecular flexibility index (Phi) is 8.91. The second kappa shape index (κ2) is 13.5. The maximum absolute atomic E-state index is 11.0. The van der Waals surface area contributed by atoms with Crippen LogP contribution < -0.4 is 0 Å². The predicted molar refractivity (Wildman–Crippen MR) is 214 cm³/mol. The Morgan fingerprint density at radius 3 is 1.49 bits per heavy atom. The Morgan fingerprint density at radius 1 is 0.392 bits per heavy atom. The number of aromatic nitrogens is 2. The molecule has 0 aliphatic carbocycles. The average molecular weight is 665 g/mol. The number of nitrogens with zero attached hydrogens (tertiary/aromatic N) is 2. The molecule has 7 aromatic rings. The number of hydrogen-bond donors (Lipinski definition) is 1. The van der Waals surface area contributed by atoms with Crippen molar-refractivity contribution in [3.63, 3.8) is 0 Å². The minimum absolute atomic E-state index is 0.0334. The molecule has 2 heterocycles. The normalized spacial score (nSPS) is 11.8. The van der Waals surface area contributed by atoms with Crippen LogP contribution in [-0.2, 0) is 10.8 Å². The fourth-order valence-corrected chi connectivity index (χ4v) is 6.44. The lowest BCUT2D eigenvalue weighted by atomic mass is 9.79. The van der Waals surface area contributed by atoms with Crippen LogP contribution in [0.25, 0.3) is 67.2 Å². The molecule has 51 heavy (non-hydrogen) atoms. The maximum Gasteiger partial charge on any atom is 0.124 e. The van der Waals surface area contributed by atoms with E-state index in [9.17, 15) is 5.11 Å². The molecule has 0 aliphatic rings. The van der Waals surface area contributed by atoms with Gasteiger partial charge in [-0.15, -0.1) is 0 Å². The van der Waals surface area contributed by atoms with Crippen molar-refractivity contribution >= 4 is 0 Å². The summed E-state index contributed by atoms with van der Waals surface area (Å²) >= 11 is 0. The highest BCUT2D eigenvalue weighted by molar-refractivity contribution is 5.84. The van der Waals surface area contributed by atoms with E-state index in [4.69, 9.17) is 9.97 Å². The summed E-state index contributed by atoms with van der Waals surface area (Å²) < 4.78 is 0. The largest absolute Gasteiger partial charge is 0.507 e. The van der Waals surface area contributed by atoms with Crippen LogP contribution in [0, 0.1) is 0 Å². The summed E-state index contributed by atoms with van der Waals surface area (Å²) in [7, 11) is 0. The van der Waals surface area contributed by atoms with Gasteiger partial charge in [-0.1, -0.05) is 133 Å². The quantitative estimate of drug-likeness (QED) is 0.192. The van der Waals surface area contributed by atoms with E-state index >= 15 is 0 Å². The van der Waals surface area contributed by atoms with Crippen molar-refractivity contribution in [2.75, 3.05) is 0 Å². The average Bonchev–Trinajstić information content (AvgIpc) is 3.14. The molecule has 0 spiro atoms. The van der Waals surface area contributed by atoms with Crippen molar-refractivity contribution in [1.29, 1.82) is 0 Å². The van der Waals surface area contributed by atoms with Crippen LogP contribution in [0.4, 0.5) is 0 Å². The lowest BCUT2D eigenvalue weighted by molar-refractivity contribution is 0.477. The molecule has 0 saturated heterocycles. The first-order valence-corrected chi connectivity index (χ1v) is 17.6. The predicted octanol–water partition coefficient (Wildman–Crippen LogP) is 12.8. The molecule has 1 N–H and O–H groups in total. The molecule has 2 aromatic heterocycles. The summed E-state index contributed by atoms with van der Waals surface area (Å²) in [6.45, 7) is 13.6. The zero-order chi connectivity index (χ0) is 35.8. The first-order chi connectivity index (χ1) is 24.4. The molecule has 0 amide bonds. The first kappa shape index (κ1) is 33.7. The second-order valence-electron chi connectivity index (χ2n) is 15.4. The molecule has 0 radical (unpaired) electrons. The Bertz CT molecular complexity index is 2280. The third-order valence-electron chi connectivity index (χ3n) is 9.52. The molecular weight excluding hydrogens is 621 g/mol. The van der Waals surface area contributed by atoms with Gasteiger partial charge < -0.3 is 5.11 Å². The monoisotopic (exact) mass is 664 g/mol. The van der Waals surface area contributed by atoms with Gasteiger partial charge in [-0.25, -0.2) is 4.98 Å². The van der Waals surface area contributed by atoms with Crippen molar-refractivity contribution in [2.24, 2.45) is 0 Å². The molecule has 3 nitrogen and oxygen atoms in total. The highest BCUT2D eigenvalue weighted by atomic mass is 16.3. The fraction of sp³-hybridized carbons (Fsp3) is 0.167. The zero-order valence-electron chi connectivity index (χ0n) is 30.3. The topological polar surface area (TPSA) is 46.0 Å². The molecule has 3 heteroatoms. The number of phenols is 1. The Morgan fingerprint density at radius 2 is 0.882 bits per heavy atom. The lowest BCUT2D eigenvalue weighted by Gasteiger charge is -2.26. The van der Waals surface area contributed by atoms with Gasteiger partial charge in [0, 0.05) is 22.9 Å². The van der Waals surface area contributed by atoms with Crippen molar-refractivity contribution < 1.29 is 5.11 Å². The van der Waals surface area contributed by atoms with E-state index in [-0.39, 0.29) is 16.6 Å². The number of benzene rings is 5. The summed E-state index contributed by atoms with van der Waals surface area (Å²) in [6.07, 6.45) is 1.83. The summed E-state index contributed by atoms with van der Waals surface area (Å²) in [6, 6.07) is 50.5. The third kappa shape index (κ3) is 7.39. The minimum atomic E-state index is -0.0334. The van der Waals surface area contributed by atoms with Crippen molar-refractivity contribution in [2.45, 2.75) is 52.4 Å². The van der Waals surface area contributed by atoms with Crippen molar-refractivity contribution in [3.05, 3.63) is 163 Å². The van der Waals surface area contributed by atoms with Crippen LogP contribution >= 0.6 is 0 Å². The van der Waals surface area contributed by atoms with Gasteiger partial charge >= 0.3 is 0 Å². The lowest BCUT2D eigenvalue weighted by Crippen LogP contribution is -2.16. The Hall–Kier alpha value is -5.80. The number of phenolic OH excluding ortho intramolecular Hbond substituents is 1. The van der Waals surface area contributed by atoms with E-state index < -0.39 is 0 Å². The molecule has 0 atom stereocenters. The van der Waals surface area contributed by atoms with E-state index in [0.717, 1.165) is 50.5 Å². The maximum atomic E-state index is 11.0. The number of aromatic hydroxyl groups is 1. The molecule has 0 fully saturated rings. The van der Waals surface area contributed by atoms with Crippen LogP contribution in [0.5, 0.6) is 5.75 Å². The van der Waals surface area contributed by atoms with Crippen molar-refractivity contribution in [1.82, 2.24) is 9.97 Å². The summed E-state index contributed by atoms with van der Waals surface area (Å²) in [5, 5.41) is 11.0. The summed E-state index contributed by atoms with van der Waals surface area (Å²) in [5.74, 6) is 0.202. The second-order valence-corrected chi connectivity index (χ2v) is 15.4. The zero-order valence-corrected chi connectivity index (χ0v) is 30.3. The number of pyridine rings is 2. The summed E-state index contributed by atoms with van der Waals surface area (Å²) in [4.78, 5) is 9.97. The minimum Gasteiger partial charge on any atom is -0.507 e. The Labute approximate surface area is 302 Å². The van der Waals surface area contributed by atoms with Gasteiger partial charge in [-0.3, -0.25) is 4.98 Å². The van der Waals surface area contributed by atoms with Gasteiger partial charge in [0.25, 0.3) is 0 Å². The molecule has 0 bridgehead atoms. The molecule has 0 saturated carbocycles. The first-order valence-electron chi connectivity index (χ1n) is 17.6. The Balaban J connectivity index is 1.45. The van der Waals surface area contributed by atoms with E-state index in [1.165, 1.54) is 22.3 Å². The van der Waals surface area contributed by atoms with Crippen LogP contribution in [0.15, 0.2) is 152 Å². The van der Waals surface area contributed by atoms with Gasteiger partial charge in [0.2, 0.25) is 0 Å². The van der Waals surface area contributed by atoms with Gasteiger partial charge in [0.1, 0.15) is 5.75 Å². The molecule has 0 aliphatic heterocycles. The highest BCUT2D eigenvalue weighted by Crippen LogP contribution is 2.39. The van der Waals surface area contributed by atoms with E-state index in [0.29, 0.717) is 5.56 Å². The van der Waals surface area contributed by atoms with Crippen LogP contribution in [-0.4, -0.2) is 15.1 Å². The number of hydrogen-bond acceptors (Lipinski definition) is 3. The molecule has 0 unspecified atom stereocenters. The van der Waals surface area contributed by atoms with E-state index in [1.807, 2.05) is 48.7 Å².